The van der Waals surface area contributed by atoms with Crippen molar-refractivity contribution in [2.45, 2.75) is 20.8 Å². The Labute approximate surface area is 139 Å². The lowest BCUT2D eigenvalue weighted by atomic mass is 10.2. The van der Waals surface area contributed by atoms with Crippen molar-refractivity contribution in [2.24, 2.45) is 0 Å². The van der Waals surface area contributed by atoms with Gasteiger partial charge < -0.3 is 10.2 Å². The predicted octanol–water partition coefficient (Wildman–Crippen LogP) is 4.38. The zero-order valence-electron chi connectivity index (χ0n) is 13.1. The number of aryl methyl sites for hydroxylation is 1. The van der Waals surface area contributed by atoms with E-state index in [-0.39, 0.29) is 5.91 Å². The highest BCUT2D eigenvalue weighted by molar-refractivity contribution is 9.10. The smallest absolute Gasteiger partial charge is 0.272 e. The van der Waals surface area contributed by atoms with Crippen LogP contribution >= 0.6 is 15.9 Å². The highest BCUT2D eigenvalue weighted by Gasteiger charge is 2.13. The Morgan fingerprint density at radius 3 is 2.41 bits per heavy atom. The minimum absolute atomic E-state index is 0.0314. The predicted molar refractivity (Wildman–Crippen MR) is 93.7 cm³/mol. The molecule has 0 fully saturated rings. The average Bonchev–Trinajstić information content (AvgIpc) is 2.53. The Balaban J connectivity index is 2.11. The Kier molecular flexibility index (Phi) is 5.55. The summed E-state index contributed by atoms with van der Waals surface area (Å²) in [6.45, 7) is 7.35. The maximum Gasteiger partial charge on any atom is 0.272 e. The van der Waals surface area contributed by atoms with Gasteiger partial charge in [-0.2, -0.15) is 0 Å². The van der Waals surface area contributed by atoms with E-state index in [0.29, 0.717) is 18.8 Å². The molecule has 1 heterocycles. The SMILES string of the molecule is CCN(CC)C(=O)c1ccc(Nc2ccc(Br)c(C)c2)cn1. The third-order valence-corrected chi connectivity index (χ3v) is 4.37. The van der Waals surface area contributed by atoms with Crippen molar-refractivity contribution in [3.05, 3.63) is 52.3 Å². The molecular formula is C17H20BrN3O. The van der Waals surface area contributed by atoms with Gasteiger partial charge >= 0.3 is 0 Å². The molecule has 22 heavy (non-hydrogen) atoms. The first kappa shape index (κ1) is 16.5. The standard InChI is InChI=1S/C17H20BrN3O/c1-4-21(5-2)17(22)16-9-7-14(11-19-16)20-13-6-8-15(18)12(3)10-13/h6-11,20H,4-5H2,1-3H3. The minimum atomic E-state index is -0.0314. The normalized spacial score (nSPS) is 10.4. The third-order valence-electron chi connectivity index (χ3n) is 3.48. The molecule has 0 spiro atoms. The molecule has 1 aromatic carbocycles. The molecule has 4 nitrogen and oxygen atoms in total. The topological polar surface area (TPSA) is 45.2 Å². The molecule has 0 aliphatic heterocycles. The maximum absolute atomic E-state index is 12.2. The lowest BCUT2D eigenvalue weighted by Gasteiger charge is -2.18. The van der Waals surface area contributed by atoms with Gasteiger partial charge in [-0.05, 0) is 56.7 Å². The van der Waals surface area contributed by atoms with Crippen molar-refractivity contribution in [2.75, 3.05) is 18.4 Å². The zero-order valence-corrected chi connectivity index (χ0v) is 14.6. The van der Waals surface area contributed by atoms with Crippen molar-refractivity contribution < 1.29 is 4.79 Å². The fraction of sp³-hybridized carbons (Fsp3) is 0.294. The van der Waals surface area contributed by atoms with E-state index in [1.807, 2.05) is 39.0 Å². The summed E-state index contributed by atoms with van der Waals surface area (Å²) in [5.74, 6) is -0.0314. The number of pyridine rings is 1. The number of nitrogens with one attached hydrogen (secondary N) is 1. The second-order valence-corrected chi connectivity index (χ2v) is 5.85. The Hall–Kier alpha value is -1.88. The number of rotatable bonds is 5. The number of carbonyl (C=O) groups excluding carboxylic acids is 1. The van der Waals surface area contributed by atoms with E-state index in [9.17, 15) is 4.79 Å². The van der Waals surface area contributed by atoms with Gasteiger partial charge in [0.05, 0.1) is 11.9 Å². The Morgan fingerprint density at radius 1 is 1.18 bits per heavy atom. The zero-order chi connectivity index (χ0) is 16.1. The largest absolute Gasteiger partial charge is 0.354 e. The van der Waals surface area contributed by atoms with Gasteiger partial charge in [0.25, 0.3) is 5.91 Å². The summed E-state index contributed by atoms with van der Waals surface area (Å²) >= 11 is 3.49. The molecule has 1 N–H and O–H groups in total. The highest BCUT2D eigenvalue weighted by Crippen LogP contribution is 2.22. The van der Waals surface area contributed by atoms with E-state index in [1.54, 1.807) is 17.2 Å². The molecule has 5 heteroatoms. The van der Waals surface area contributed by atoms with Gasteiger partial charge in [-0.25, -0.2) is 4.98 Å². The number of hydrogen-bond donors (Lipinski definition) is 1. The van der Waals surface area contributed by atoms with Crippen LogP contribution in [0.3, 0.4) is 0 Å². The molecule has 2 rings (SSSR count). The molecule has 1 aromatic heterocycles. The summed E-state index contributed by atoms with van der Waals surface area (Å²) < 4.78 is 1.08. The lowest BCUT2D eigenvalue weighted by molar-refractivity contribution is 0.0767. The molecule has 0 aliphatic carbocycles. The first-order valence-corrected chi connectivity index (χ1v) is 8.13. The van der Waals surface area contributed by atoms with E-state index in [4.69, 9.17) is 0 Å². The van der Waals surface area contributed by atoms with Gasteiger partial charge in [0, 0.05) is 23.2 Å². The van der Waals surface area contributed by atoms with Gasteiger partial charge in [0.2, 0.25) is 0 Å². The summed E-state index contributed by atoms with van der Waals surface area (Å²) in [4.78, 5) is 18.2. The van der Waals surface area contributed by atoms with Gasteiger partial charge in [0.15, 0.2) is 0 Å². The molecule has 0 saturated carbocycles. The molecule has 116 valence electrons. The van der Waals surface area contributed by atoms with Crippen LogP contribution in [0.5, 0.6) is 0 Å². The molecular weight excluding hydrogens is 342 g/mol. The van der Waals surface area contributed by atoms with Crippen LogP contribution in [0.25, 0.3) is 0 Å². The van der Waals surface area contributed by atoms with Crippen molar-refractivity contribution in [1.29, 1.82) is 0 Å². The molecule has 0 aliphatic rings. The maximum atomic E-state index is 12.2. The Morgan fingerprint density at radius 2 is 1.86 bits per heavy atom. The molecule has 0 atom stereocenters. The second kappa shape index (κ2) is 7.40. The van der Waals surface area contributed by atoms with Gasteiger partial charge in [-0.3, -0.25) is 4.79 Å². The molecule has 0 radical (unpaired) electrons. The summed E-state index contributed by atoms with van der Waals surface area (Å²) in [6.07, 6.45) is 1.69. The molecule has 1 amide bonds. The number of nitrogens with zero attached hydrogens (tertiary/aromatic N) is 2. The van der Waals surface area contributed by atoms with Gasteiger partial charge in [-0.1, -0.05) is 15.9 Å². The first-order chi connectivity index (χ1) is 10.5. The number of carbonyl (C=O) groups is 1. The van der Waals surface area contributed by atoms with Crippen LogP contribution in [0.15, 0.2) is 41.0 Å². The molecule has 0 saturated heterocycles. The van der Waals surface area contributed by atoms with Crippen molar-refractivity contribution in [1.82, 2.24) is 9.88 Å². The lowest BCUT2D eigenvalue weighted by Crippen LogP contribution is -2.31. The number of benzene rings is 1. The van der Waals surface area contributed by atoms with E-state index in [2.05, 4.69) is 32.3 Å². The molecule has 2 aromatic rings. The Bertz CT molecular complexity index is 651. The van der Waals surface area contributed by atoms with Crippen LogP contribution in [-0.2, 0) is 0 Å². The van der Waals surface area contributed by atoms with Crippen LogP contribution in [0, 0.1) is 6.92 Å². The number of amides is 1. The van der Waals surface area contributed by atoms with Crippen LogP contribution in [0.1, 0.15) is 29.9 Å². The first-order valence-electron chi connectivity index (χ1n) is 7.33. The fourth-order valence-electron chi connectivity index (χ4n) is 2.16. The van der Waals surface area contributed by atoms with E-state index < -0.39 is 0 Å². The molecule has 0 bridgehead atoms. The average molecular weight is 362 g/mol. The van der Waals surface area contributed by atoms with Gasteiger partial charge in [-0.15, -0.1) is 0 Å². The number of anilines is 2. The highest BCUT2D eigenvalue weighted by atomic mass is 79.9. The summed E-state index contributed by atoms with van der Waals surface area (Å²) in [7, 11) is 0. The number of aromatic nitrogens is 1. The van der Waals surface area contributed by atoms with Crippen molar-refractivity contribution in [3.8, 4) is 0 Å². The minimum Gasteiger partial charge on any atom is -0.354 e. The van der Waals surface area contributed by atoms with Crippen molar-refractivity contribution in [3.63, 3.8) is 0 Å². The van der Waals surface area contributed by atoms with Crippen LogP contribution in [-0.4, -0.2) is 28.9 Å². The van der Waals surface area contributed by atoms with E-state index >= 15 is 0 Å². The van der Waals surface area contributed by atoms with E-state index in [0.717, 1.165) is 21.4 Å². The number of hydrogen-bond acceptors (Lipinski definition) is 3. The number of halogens is 1. The fourth-order valence-corrected chi connectivity index (χ4v) is 2.40. The van der Waals surface area contributed by atoms with Crippen LogP contribution < -0.4 is 5.32 Å². The van der Waals surface area contributed by atoms with Crippen LogP contribution in [0.4, 0.5) is 11.4 Å². The summed E-state index contributed by atoms with van der Waals surface area (Å²) in [5, 5.41) is 3.29. The van der Waals surface area contributed by atoms with Gasteiger partial charge in [0.1, 0.15) is 5.69 Å². The van der Waals surface area contributed by atoms with E-state index in [1.165, 1.54) is 0 Å². The molecule has 0 unspecified atom stereocenters. The third kappa shape index (κ3) is 3.85. The summed E-state index contributed by atoms with van der Waals surface area (Å²) in [6, 6.07) is 9.68. The van der Waals surface area contributed by atoms with Crippen molar-refractivity contribution >= 4 is 33.2 Å². The monoisotopic (exact) mass is 361 g/mol. The quantitative estimate of drug-likeness (QED) is 0.859. The summed E-state index contributed by atoms with van der Waals surface area (Å²) in [5.41, 5.74) is 3.48. The van der Waals surface area contributed by atoms with Crippen LogP contribution in [0.2, 0.25) is 0 Å². The second-order valence-electron chi connectivity index (χ2n) is 5.00.